The molecule has 100 valence electrons. The molecule has 20 heavy (non-hydrogen) atoms. The normalized spacial score (nSPS) is 11.5. The third-order valence-electron chi connectivity index (χ3n) is 2.71. The van der Waals surface area contributed by atoms with Gasteiger partial charge in [0.2, 0.25) is 4.96 Å². The van der Waals surface area contributed by atoms with E-state index < -0.39 is 0 Å². The first-order chi connectivity index (χ1) is 9.70. The second kappa shape index (κ2) is 4.47. The highest BCUT2D eigenvalue weighted by Crippen LogP contribution is 2.32. The zero-order valence-corrected chi connectivity index (χ0v) is 13.4. The van der Waals surface area contributed by atoms with Crippen molar-refractivity contribution >= 4 is 43.6 Å². The fourth-order valence-electron chi connectivity index (χ4n) is 1.84. The van der Waals surface area contributed by atoms with Gasteiger partial charge >= 0.3 is 0 Å². The van der Waals surface area contributed by atoms with Crippen LogP contribution in [-0.4, -0.2) is 30.0 Å². The molecule has 0 amide bonds. The van der Waals surface area contributed by atoms with Gasteiger partial charge in [-0.25, -0.2) is 0 Å². The Hall–Kier alpha value is -1.58. The third-order valence-corrected chi connectivity index (χ3v) is 5.25. The summed E-state index contributed by atoms with van der Waals surface area (Å²) in [5, 5.41) is 20.9. The first-order valence-corrected chi connectivity index (χ1v) is 8.13. The summed E-state index contributed by atoms with van der Waals surface area (Å²) < 4.78 is 2.82. The Balaban J connectivity index is 1.86. The van der Waals surface area contributed by atoms with Crippen LogP contribution in [-0.2, 0) is 0 Å². The van der Waals surface area contributed by atoms with Crippen LogP contribution in [0.2, 0.25) is 0 Å². The minimum absolute atomic E-state index is 0.755. The van der Waals surface area contributed by atoms with Gasteiger partial charge in [0.25, 0.3) is 0 Å². The molecule has 0 saturated heterocycles. The molecular weight excluding hydrogens is 360 g/mol. The summed E-state index contributed by atoms with van der Waals surface area (Å²) in [6, 6.07) is 5.96. The lowest BCUT2D eigenvalue weighted by Gasteiger charge is -1.90. The molecule has 4 aromatic rings. The molecule has 4 rings (SSSR count). The monoisotopic (exact) mass is 366 g/mol. The van der Waals surface area contributed by atoms with Crippen LogP contribution in [0.4, 0.5) is 0 Å². The molecule has 9 heteroatoms. The lowest BCUT2D eigenvalue weighted by Crippen LogP contribution is -1.89. The molecule has 0 spiro atoms. The number of nitrogens with one attached hydrogen (secondary N) is 1. The molecule has 4 aromatic heterocycles. The zero-order chi connectivity index (χ0) is 13.7. The van der Waals surface area contributed by atoms with Crippen LogP contribution in [0.3, 0.4) is 0 Å². The van der Waals surface area contributed by atoms with Gasteiger partial charge in [0.1, 0.15) is 5.69 Å². The first kappa shape index (κ1) is 12.2. The van der Waals surface area contributed by atoms with Gasteiger partial charge in [-0.15, -0.1) is 21.5 Å². The highest BCUT2D eigenvalue weighted by molar-refractivity contribution is 9.11. The molecule has 0 radical (unpaired) electrons. The fraction of sp³-hybridized carbons (Fsp3) is 0.0909. The largest absolute Gasteiger partial charge is 0.282 e. The maximum atomic E-state index is 4.56. The van der Waals surface area contributed by atoms with E-state index in [0.717, 1.165) is 35.8 Å². The molecule has 0 aliphatic rings. The van der Waals surface area contributed by atoms with Crippen molar-refractivity contribution < 1.29 is 0 Å². The summed E-state index contributed by atoms with van der Waals surface area (Å²) in [7, 11) is 0. The maximum Gasteiger partial charge on any atom is 0.235 e. The smallest absolute Gasteiger partial charge is 0.235 e. The van der Waals surface area contributed by atoms with Crippen molar-refractivity contribution in [2.75, 3.05) is 0 Å². The number of aryl methyl sites for hydroxylation is 1. The van der Waals surface area contributed by atoms with Gasteiger partial charge in [-0.1, -0.05) is 11.3 Å². The van der Waals surface area contributed by atoms with Crippen molar-refractivity contribution in [3.05, 3.63) is 27.7 Å². The number of hydrogen-bond donors (Lipinski definition) is 1. The zero-order valence-electron chi connectivity index (χ0n) is 10.2. The Bertz CT molecular complexity index is 901. The van der Waals surface area contributed by atoms with Gasteiger partial charge in [-0.3, -0.25) is 5.10 Å². The Labute approximate surface area is 129 Å². The molecule has 6 nitrogen and oxygen atoms in total. The summed E-state index contributed by atoms with van der Waals surface area (Å²) in [4.78, 5) is 1.79. The maximum absolute atomic E-state index is 4.56. The van der Waals surface area contributed by atoms with E-state index in [2.05, 4.69) is 41.4 Å². The van der Waals surface area contributed by atoms with Crippen molar-refractivity contribution in [1.29, 1.82) is 0 Å². The van der Waals surface area contributed by atoms with Crippen LogP contribution >= 0.6 is 38.6 Å². The molecule has 4 heterocycles. The van der Waals surface area contributed by atoms with Gasteiger partial charge in [0.05, 0.1) is 8.66 Å². The first-order valence-electron chi connectivity index (χ1n) is 5.71. The number of fused-ring (bicyclic) bond motifs is 1. The molecule has 0 aromatic carbocycles. The quantitative estimate of drug-likeness (QED) is 0.590. The highest BCUT2D eigenvalue weighted by atomic mass is 79.9. The Morgan fingerprint density at radius 2 is 2.15 bits per heavy atom. The summed E-state index contributed by atoms with van der Waals surface area (Å²) in [5.74, 6) is 0.755. The van der Waals surface area contributed by atoms with Gasteiger partial charge in [-0.05, 0) is 41.1 Å². The van der Waals surface area contributed by atoms with Gasteiger partial charge in [-0.2, -0.15) is 14.7 Å². The third kappa shape index (κ3) is 1.89. The summed E-state index contributed by atoms with van der Waals surface area (Å²) >= 11 is 6.54. The second-order valence-corrected chi connectivity index (χ2v) is 7.58. The lowest BCUT2D eigenvalue weighted by atomic mass is 10.4. The van der Waals surface area contributed by atoms with E-state index in [0.29, 0.717) is 0 Å². The van der Waals surface area contributed by atoms with E-state index in [9.17, 15) is 0 Å². The van der Waals surface area contributed by atoms with Crippen LogP contribution in [0.15, 0.2) is 22.0 Å². The Morgan fingerprint density at radius 1 is 1.25 bits per heavy atom. The summed E-state index contributed by atoms with van der Waals surface area (Å²) in [5.41, 5.74) is 1.84. The lowest BCUT2D eigenvalue weighted by molar-refractivity contribution is 0.965. The van der Waals surface area contributed by atoms with Crippen LogP contribution in [0.5, 0.6) is 0 Å². The van der Waals surface area contributed by atoms with Crippen molar-refractivity contribution in [2.45, 2.75) is 6.92 Å². The topological polar surface area (TPSA) is 71.8 Å². The molecule has 1 N–H and O–H groups in total. The number of aromatic nitrogens is 6. The van der Waals surface area contributed by atoms with E-state index in [1.54, 1.807) is 15.9 Å². The molecule has 0 bridgehead atoms. The number of hydrogen-bond acceptors (Lipinski definition) is 6. The van der Waals surface area contributed by atoms with Gasteiger partial charge in [0.15, 0.2) is 10.8 Å². The number of H-pyrrole nitrogens is 1. The minimum atomic E-state index is 0.755. The van der Waals surface area contributed by atoms with Gasteiger partial charge in [0, 0.05) is 5.69 Å². The standard InChI is InChI=1S/C11H7BrN6S2/c1-5-4-6(14-13-5)10-17-18-9(15-16-11(18)20-10)7-2-3-8(12)19-7/h2-4H,1H3,(H,13,14). The fourth-order valence-corrected chi connectivity index (χ4v) is 3.99. The molecule has 0 fully saturated rings. The average Bonchev–Trinajstić information content (AvgIpc) is 3.11. The molecule has 0 unspecified atom stereocenters. The molecular formula is C11H7BrN6S2. The van der Waals surface area contributed by atoms with Crippen LogP contribution in [0.1, 0.15) is 5.69 Å². The number of aromatic amines is 1. The summed E-state index contributed by atoms with van der Waals surface area (Å²) in [6.07, 6.45) is 0. The molecule has 0 atom stereocenters. The van der Waals surface area contributed by atoms with Crippen molar-refractivity contribution in [1.82, 2.24) is 30.0 Å². The number of nitrogens with zero attached hydrogens (tertiary/aromatic N) is 5. The SMILES string of the molecule is Cc1cc(-c2nn3c(-c4ccc(Br)s4)nnc3s2)n[nH]1. The average molecular weight is 367 g/mol. The predicted octanol–water partition coefficient (Wildman–Crippen LogP) is 3.38. The molecule has 0 aliphatic heterocycles. The van der Waals surface area contributed by atoms with Crippen molar-refractivity contribution in [3.63, 3.8) is 0 Å². The highest BCUT2D eigenvalue weighted by Gasteiger charge is 2.16. The van der Waals surface area contributed by atoms with E-state index in [1.165, 1.54) is 11.3 Å². The van der Waals surface area contributed by atoms with Crippen LogP contribution in [0.25, 0.3) is 26.4 Å². The molecule has 0 saturated carbocycles. The Kier molecular flexibility index (Phi) is 2.72. The van der Waals surface area contributed by atoms with E-state index in [1.807, 2.05) is 25.1 Å². The van der Waals surface area contributed by atoms with Crippen LogP contribution in [0, 0.1) is 6.92 Å². The van der Waals surface area contributed by atoms with Crippen LogP contribution < -0.4 is 0 Å². The number of thiophene rings is 1. The van der Waals surface area contributed by atoms with E-state index >= 15 is 0 Å². The van der Waals surface area contributed by atoms with Crippen molar-refractivity contribution in [2.24, 2.45) is 0 Å². The number of rotatable bonds is 2. The van der Waals surface area contributed by atoms with Gasteiger partial charge < -0.3 is 0 Å². The minimum Gasteiger partial charge on any atom is -0.282 e. The molecule has 0 aliphatic carbocycles. The predicted molar refractivity (Wildman–Crippen MR) is 82.0 cm³/mol. The second-order valence-electron chi connectivity index (χ2n) is 4.17. The number of halogens is 1. The Morgan fingerprint density at radius 3 is 2.85 bits per heavy atom. The van der Waals surface area contributed by atoms with E-state index in [4.69, 9.17) is 0 Å². The van der Waals surface area contributed by atoms with E-state index in [-0.39, 0.29) is 0 Å². The van der Waals surface area contributed by atoms with Crippen molar-refractivity contribution in [3.8, 4) is 21.4 Å². The summed E-state index contributed by atoms with van der Waals surface area (Å²) in [6.45, 7) is 1.96.